The zero-order valence-corrected chi connectivity index (χ0v) is 19.6. The summed E-state index contributed by atoms with van der Waals surface area (Å²) in [6.45, 7) is 7.62. The predicted octanol–water partition coefficient (Wildman–Crippen LogP) is 6.97. The highest BCUT2D eigenvalue weighted by Crippen LogP contribution is 2.45. The number of fused-ring (bicyclic) bond motifs is 1. The van der Waals surface area contributed by atoms with Crippen LogP contribution in [0, 0.1) is 23.6 Å². The number of rotatable bonds is 9. The highest BCUT2D eigenvalue weighted by molar-refractivity contribution is 5.71. The largest absolute Gasteiger partial charge is 0.508 e. The van der Waals surface area contributed by atoms with E-state index < -0.39 is 11.9 Å². The molecule has 0 bridgehead atoms. The topological polar surface area (TPSA) is 66.8 Å². The number of phenolic OH excluding ortho intramolecular Hbond substituents is 1. The van der Waals surface area contributed by atoms with Crippen LogP contribution in [0.1, 0.15) is 50.3 Å². The molecule has 0 radical (unpaired) electrons. The first-order chi connectivity index (χ1) is 16.3. The first kappa shape index (κ1) is 23.8. The monoisotopic (exact) mass is 462 g/mol. The molecule has 3 atom stereocenters. The lowest BCUT2D eigenvalue weighted by molar-refractivity contribution is -0.142. The molecule has 2 aliphatic rings. The minimum Gasteiger partial charge on any atom is -0.508 e. The fourth-order valence-electron chi connectivity index (χ4n) is 4.99. The van der Waals surface area contributed by atoms with Gasteiger partial charge in [0.25, 0.3) is 0 Å². The Hall–Kier alpha value is -3.34. The molecule has 0 amide bonds. The highest BCUT2D eigenvalue weighted by Gasteiger charge is 2.39. The number of aliphatic carboxylic acids is 1. The lowest BCUT2D eigenvalue weighted by Gasteiger charge is -2.23. The Morgan fingerprint density at radius 1 is 1.21 bits per heavy atom. The number of phenols is 1. The van der Waals surface area contributed by atoms with E-state index in [1.54, 1.807) is 13.0 Å². The van der Waals surface area contributed by atoms with E-state index in [-0.39, 0.29) is 23.6 Å². The van der Waals surface area contributed by atoms with Crippen LogP contribution in [0.3, 0.4) is 0 Å². The number of halogens is 1. The summed E-state index contributed by atoms with van der Waals surface area (Å²) in [6, 6.07) is 9.84. The average molecular weight is 463 g/mol. The minimum atomic E-state index is -0.795. The van der Waals surface area contributed by atoms with Gasteiger partial charge >= 0.3 is 5.97 Å². The number of carboxylic acid groups (broad SMARTS) is 1. The fourth-order valence-corrected chi connectivity index (χ4v) is 4.99. The van der Waals surface area contributed by atoms with Crippen LogP contribution >= 0.6 is 0 Å². The van der Waals surface area contributed by atoms with Gasteiger partial charge in [0.05, 0.1) is 5.92 Å². The summed E-state index contributed by atoms with van der Waals surface area (Å²) in [4.78, 5) is 11.7. The average Bonchev–Trinajstić information content (AvgIpc) is 3.59. The van der Waals surface area contributed by atoms with Crippen LogP contribution in [0.25, 0.3) is 11.1 Å². The van der Waals surface area contributed by atoms with Gasteiger partial charge in [-0.3, -0.25) is 4.79 Å². The number of hydrogen-bond acceptors (Lipinski definition) is 3. The van der Waals surface area contributed by atoms with E-state index in [2.05, 4.69) is 6.58 Å². The first-order valence-electron chi connectivity index (χ1n) is 11.8. The molecule has 0 heterocycles. The lowest BCUT2D eigenvalue weighted by Crippen LogP contribution is -2.23. The zero-order chi connectivity index (χ0) is 24.4. The van der Waals surface area contributed by atoms with E-state index in [9.17, 15) is 19.4 Å². The van der Waals surface area contributed by atoms with Crippen molar-refractivity contribution in [2.24, 2.45) is 17.8 Å². The number of allylic oxidation sites excluding steroid dienone is 4. The van der Waals surface area contributed by atoms with Crippen molar-refractivity contribution in [3.05, 3.63) is 89.5 Å². The van der Waals surface area contributed by atoms with Gasteiger partial charge in [0.1, 0.15) is 23.4 Å². The quantitative estimate of drug-likeness (QED) is 0.312. The molecule has 1 saturated carbocycles. The maximum absolute atomic E-state index is 14.3. The Morgan fingerprint density at radius 2 is 1.97 bits per heavy atom. The van der Waals surface area contributed by atoms with E-state index in [4.69, 9.17) is 4.74 Å². The van der Waals surface area contributed by atoms with Crippen LogP contribution in [0.2, 0.25) is 0 Å². The number of benzene rings is 2. The molecule has 0 unspecified atom stereocenters. The van der Waals surface area contributed by atoms with E-state index >= 15 is 0 Å². The maximum atomic E-state index is 14.3. The molecule has 178 valence electrons. The van der Waals surface area contributed by atoms with Gasteiger partial charge in [-0.25, -0.2) is 4.39 Å². The molecule has 4 nitrogen and oxygen atoms in total. The van der Waals surface area contributed by atoms with Crippen molar-refractivity contribution in [2.45, 2.75) is 45.6 Å². The number of carboxylic acids is 1. The summed E-state index contributed by atoms with van der Waals surface area (Å²) in [5.41, 5.74) is 4.17. The number of aromatic hydroxyl groups is 1. The Morgan fingerprint density at radius 3 is 2.62 bits per heavy atom. The second-order valence-electron chi connectivity index (χ2n) is 9.25. The van der Waals surface area contributed by atoms with Gasteiger partial charge in [-0.05, 0) is 97.1 Å². The standard InChI is InChI=1S/C29H31FO4/c1-4-18(28(19-6-7-19)17(3)29(32)33)15-23(5-2)34-27-13-9-20-14-21(8-11-24(20)27)25-16-22(31)10-12-26(25)30/h4-5,8,10-12,14-17,19,27-28,31H,1,6-7,9,13H2,2-3H3,(H,32,33)/b18-15+,23-5+/t17-,27+,28+/m0/s1. The third-order valence-corrected chi connectivity index (χ3v) is 6.98. The van der Waals surface area contributed by atoms with E-state index in [1.807, 2.05) is 37.3 Å². The Kier molecular flexibility index (Phi) is 6.92. The van der Waals surface area contributed by atoms with Crippen molar-refractivity contribution < 1.29 is 24.1 Å². The summed E-state index contributed by atoms with van der Waals surface area (Å²) in [6.07, 6.45) is 9.14. The third kappa shape index (κ3) is 4.93. The minimum absolute atomic E-state index is 0.0300. The number of carbonyl (C=O) groups is 1. The van der Waals surface area contributed by atoms with Crippen LogP contribution in [-0.2, 0) is 16.0 Å². The van der Waals surface area contributed by atoms with Crippen LogP contribution in [0.15, 0.2) is 72.5 Å². The lowest BCUT2D eigenvalue weighted by atomic mass is 9.82. The molecule has 1 fully saturated rings. The Bertz CT molecular complexity index is 1160. The number of ether oxygens (including phenoxy) is 1. The molecule has 5 heteroatoms. The Labute approximate surface area is 200 Å². The van der Waals surface area contributed by atoms with Crippen molar-refractivity contribution in [3.8, 4) is 16.9 Å². The molecule has 0 aromatic heterocycles. The predicted molar refractivity (Wildman–Crippen MR) is 131 cm³/mol. The van der Waals surface area contributed by atoms with Gasteiger partial charge in [0.15, 0.2) is 0 Å². The normalized spacial score (nSPS) is 19.9. The second kappa shape index (κ2) is 9.88. The van der Waals surface area contributed by atoms with Gasteiger partial charge in [-0.15, -0.1) is 0 Å². The maximum Gasteiger partial charge on any atom is 0.306 e. The molecule has 2 aliphatic carbocycles. The van der Waals surface area contributed by atoms with Crippen molar-refractivity contribution in [1.29, 1.82) is 0 Å². The molecule has 2 aromatic carbocycles. The molecule has 34 heavy (non-hydrogen) atoms. The fraction of sp³-hybridized carbons (Fsp3) is 0.345. The first-order valence-corrected chi connectivity index (χ1v) is 11.8. The molecular weight excluding hydrogens is 431 g/mol. The van der Waals surface area contributed by atoms with Crippen molar-refractivity contribution in [2.75, 3.05) is 0 Å². The van der Waals surface area contributed by atoms with E-state index in [1.165, 1.54) is 18.2 Å². The number of aryl methyl sites for hydroxylation is 1. The molecular formula is C29H31FO4. The van der Waals surface area contributed by atoms with Crippen molar-refractivity contribution in [3.63, 3.8) is 0 Å². The SMILES string of the molecule is C=C/C(=C\C(=C/C)O[C@@H]1CCc2cc(-c3cc(O)ccc3F)ccc21)[C@H](C1CC1)[C@H](C)C(=O)O. The van der Waals surface area contributed by atoms with Crippen molar-refractivity contribution >= 4 is 5.97 Å². The van der Waals surface area contributed by atoms with Gasteiger partial charge in [0, 0.05) is 5.56 Å². The van der Waals surface area contributed by atoms with Gasteiger partial charge in [0.2, 0.25) is 0 Å². The van der Waals surface area contributed by atoms with Crippen LogP contribution in [0.4, 0.5) is 4.39 Å². The van der Waals surface area contributed by atoms with Crippen LogP contribution < -0.4 is 0 Å². The van der Waals surface area contributed by atoms with Gasteiger partial charge < -0.3 is 14.9 Å². The second-order valence-corrected chi connectivity index (χ2v) is 9.25. The smallest absolute Gasteiger partial charge is 0.306 e. The summed E-state index contributed by atoms with van der Waals surface area (Å²) in [5.74, 6) is -0.639. The van der Waals surface area contributed by atoms with Crippen LogP contribution in [0.5, 0.6) is 5.75 Å². The summed E-state index contributed by atoms with van der Waals surface area (Å²) < 4.78 is 20.7. The molecule has 0 aliphatic heterocycles. The summed E-state index contributed by atoms with van der Waals surface area (Å²) in [7, 11) is 0. The summed E-state index contributed by atoms with van der Waals surface area (Å²) >= 11 is 0. The van der Waals surface area contributed by atoms with Gasteiger partial charge in [-0.2, -0.15) is 0 Å². The zero-order valence-electron chi connectivity index (χ0n) is 19.6. The molecule has 4 rings (SSSR count). The summed E-state index contributed by atoms with van der Waals surface area (Å²) in [5, 5.41) is 19.4. The van der Waals surface area contributed by atoms with E-state index in [0.29, 0.717) is 17.2 Å². The Balaban J connectivity index is 1.56. The molecule has 0 saturated heterocycles. The molecule has 0 spiro atoms. The van der Waals surface area contributed by atoms with Crippen molar-refractivity contribution in [1.82, 2.24) is 0 Å². The number of hydrogen-bond donors (Lipinski definition) is 2. The molecule has 2 aromatic rings. The van der Waals surface area contributed by atoms with Crippen LogP contribution in [-0.4, -0.2) is 16.2 Å². The highest BCUT2D eigenvalue weighted by atomic mass is 19.1. The van der Waals surface area contributed by atoms with Gasteiger partial charge in [-0.1, -0.05) is 37.8 Å². The molecule has 2 N–H and O–H groups in total. The third-order valence-electron chi connectivity index (χ3n) is 6.98. The van der Waals surface area contributed by atoms with E-state index in [0.717, 1.165) is 47.9 Å².